The summed E-state index contributed by atoms with van der Waals surface area (Å²) >= 11 is 1.06. The Morgan fingerprint density at radius 2 is 1.94 bits per heavy atom. The number of nitro groups is 1. The molecule has 0 aliphatic heterocycles. The molecule has 1 N–H and O–H groups in total. The maximum absolute atomic E-state index is 12.9. The average molecular weight is 506 g/mol. The number of hydrogen-bond acceptors (Lipinski definition) is 8. The molecule has 3 rings (SSSR count). The number of amides is 1. The first-order valence-corrected chi connectivity index (χ1v) is 11.9. The fourth-order valence-electron chi connectivity index (χ4n) is 3.22. The van der Waals surface area contributed by atoms with E-state index in [0.29, 0.717) is 29.0 Å². The van der Waals surface area contributed by atoms with E-state index in [0.717, 1.165) is 17.8 Å². The van der Waals surface area contributed by atoms with E-state index in [1.54, 1.807) is 42.6 Å². The molecule has 10 heteroatoms. The Bertz CT molecular complexity index is 1340. The molecule has 9 nitrogen and oxygen atoms in total. The van der Waals surface area contributed by atoms with Crippen LogP contribution in [0, 0.1) is 21.4 Å². The number of carbonyl (C=O) groups is 2. The number of ether oxygens (including phenoxy) is 2. The first-order chi connectivity index (χ1) is 17.4. The zero-order valence-corrected chi connectivity index (χ0v) is 20.5. The molecule has 0 saturated carbocycles. The highest BCUT2D eigenvalue weighted by Crippen LogP contribution is 2.37. The summed E-state index contributed by atoms with van der Waals surface area (Å²) < 4.78 is 10.7. The zero-order valence-electron chi connectivity index (χ0n) is 19.6. The molecule has 1 aromatic heterocycles. The van der Waals surface area contributed by atoms with Crippen molar-refractivity contribution >= 4 is 40.0 Å². The minimum Gasteiger partial charge on any atom is -0.494 e. The van der Waals surface area contributed by atoms with Crippen LogP contribution in [0.2, 0.25) is 0 Å². The van der Waals surface area contributed by atoms with Crippen LogP contribution in [-0.2, 0) is 9.53 Å². The number of nitriles is 1. The van der Waals surface area contributed by atoms with Crippen molar-refractivity contribution in [1.82, 2.24) is 0 Å². The summed E-state index contributed by atoms with van der Waals surface area (Å²) in [5, 5.41) is 25.2. The third kappa shape index (κ3) is 6.34. The van der Waals surface area contributed by atoms with Crippen molar-refractivity contribution in [3.8, 4) is 22.9 Å². The van der Waals surface area contributed by atoms with Gasteiger partial charge in [0.15, 0.2) is 0 Å². The number of thiophene rings is 1. The van der Waals surface area contributed by atoms with Crippen molar-refractivity contribution in [3.63, 3.8) is 0 Å². The van der Waals surface area contributed by atoms with E-state index in [4.69, 9.17) is 9.47 Å². The second-order valence-corrected chi connectivity index (χ2v) is 8.30. The smallest absolute Gasteiger partial charge is 0.341 e. The van der Waals surface area contributed by atoms with Gasteiger partial charge in [-0.3, -0.25) is 14.9 Å². The molecule has 0 atom stereocenters. The Morgan fingerprint density at radius 1 is 1.19 bits per heavy atom. The van der Waals surface area contributed by atoms with Gasteiger partial charge in [-0.2, -0.15) is 5.26 Å². The van der Waals surface area contributed by atoms with Gasteiger partial charge in [0.25, 0.3) is 11.6 Å². The molecule has 0 spiro atoms. The van der Waals surface area contributed by atoms with Crippen molar-refractivity contribution in [1.29, 1.82) is 5.26 Å². The molecule has 3 aromatic rings. The summed E-state index contributed by atoms with van der Waals surface area (Å²) in [5.41, 5.74) is 1.18. The fourth-order valence-corrected chi connectivity index (χ4v) is 4.17. The van der Waals surface area contributed by atoms with E-state index in [2.05, 4.69) is 5.32 Å². The Hall–Kier alpha value is -4.49. The monoisotopic (exact) mass is 505 g/mol. The second-order valence-electron chi connectivity index (χ2n) is 7.42. The highest BCUT2D eigenvalue weighted by atomic mass is 32.1. The molecular weight excluding hydrogens is 482 g/mol. The molecule has 0 aliphatic rings. The lowest BCUT2D eigenvalue weighted by Crippen LogP contribution is -2.16. The van der Waals surface area contributed by atoms with Gasteiger partial charge in [-0.05, 0) is 42.7 Å². The summed E-state index contributed by atoms with van der Waals surface area (Å²) in [6, 6.07) is 14.6. The summed E-state index contributed by atoms with van der Waals surface area (Å²) in [5.74, 6) is -0.717. The third-order valence-electron chi connectivity index (χ3n) is 4.89. The highest BCUT2D eigenvalue weighted by Gasteiger charge is 2.24. The zero-order chi connectivity index (χ0) is 26.1. The number of nitrogens with zero attached hydrogens (tertiary/aromatic N) is 2. The second kappa shape index (κ2) is 12.3. The molecule has 0 saturated heterocycles. The van der Waals surface area contributed by atoms with Crippen molar-refractivity contribution in [2.45, 2.75) is 20.3 Å². The summed E-state index contributed by atoms with van der Waals surface area (Å²) in [6.45, 7) is 4.33. The number of hydrogen-bond donors (Lipinski definition) is 1. The lowest BCUT2D eigenvalue weighted by atomic mass is 10.0. The molecule has 0 bridgehead atoms. The van der Waals surface area contributed by atoms with Crippen molar-refractivity contribution < 1.29 is 24.0 Å². The number of non-ortho nitro benzene ring substituents is 1. The molecule has 0 fully saturated rings. The Kier molecular flexibility index (Phi) is 8.91. The topological polar surface area (TPSA) is 132 Å². The predicted molar refractivity (Wildman–Crippen MR) is 137 cm³/mol. The van der Waals surface area contributed by atoms with E-state index < -0.39 is 16.8 Å². The maximum atomic E-state index is 12.9. The van der Waals surface area contributed by atoms with Crippen LogP contribution in [0.4, 0.5) is 10.7 Å². The van der Waals surface area contributed by atoms with Crippen molar-refractivity contribution in [2.24, 2.45) is 0 Å². The third-order valence-corrected chi connectivity index (χ3v) is 5.79. The number of nitrogens with one attached hydrogen (secondary N) is 1. The Labute approximate surface area is 211 Å². The number of rotatable bonds is 10. The minimum absolute atomic E-state index is 0.0606. The molecule has 0 unspecified atom stereocenters. The first kappa shape index (κ1) is 26.1. The van der Waals surface area contributed by atoms with Gasteiger partial charge in [-0.1, -0.05) is 31.2 Å². The van der Waals surface area contributed by atoms with Gasteiger partial charge in [0.2, 0.25) is 0 Å². The van der Waals surface area contributed by atoms with Gasteiger partial charge >= 0.3 is 5.97 Å². The van der Waals surface area contributed by atoms with E-state index in [9.17, 15) is 25.0 Å². The van der Waals surface area contributed by atoms with Crippen LogP contribution in [0.5, 0.6) is 5.75 Å². The molecule has 2 aromatic carbocycles. The molecular formula is C26H23N3O6S. The lowest BCUT2D eigenvalue weighted by Gasteiger charge is -2.09. The molecule has 36 heavy (non-hydrogen) atoms. The van der Waals surface area contributed by atoms with E-state index in [-0.39, 0.29) is 28.4 Å². The molecule has 184 valence electrons. The van der Waals surface area contributed by atoms with Crippen LogP contribution < -0.4 is 10.1 Å². The molecule has 1 amide bonds. The highest BCUT2D eigenvalue weighted by molar-refractivity contribution is 7.15. The first-order valence-electron chi connectivity index (χ1n) is 11.1. The van der Waals surface area contributed by atoms with Crippen molar-refractivity contribution in [3.05, 3.63) is 80.7 Å². The average Bonchev–Trinajstić information content (AvgIpc) is 3.30. The van der Waals surface area contributed by atoms with Gasteiger partial charge in [0.05, 0.1) is 18.1 Å². The molecule has 0 aliphatic carbocycles. The standard InChI is InChI=1S/C26H23N3O6S/c1-3-12-35-21-10-8-17(9-11-21)13-19(15-27)24(30)28-25-23(26(31)34-4-2)22(16-36-25)18-6-5-7-20(14-18)29(32)33/h5-11,13-14,16H,3-4,12H2,1-2H3,(H,28,30)/b19-13+. The van der Waals surface area contributed by atoms with E-state index in [1.165, 1.54) is 24.3 Å². The van der Waals surface area contributed by atoms with Gasteiger partial charge < -0.3 is 14.8 Å². The fraction of sp³-hybridized carbons (Fsp3) is 0.192. The Balaban J connectivity index is 1.91. The SMILES string of the molecule is CCCOc1ccc(/C=C(\C#N)C(=O)Nc2scc(-c3cccc([N+](=O)[O-])c3)c2C(=O)OCC)cc1. The van der Waals surface area contributed by atoms with Crippen LogP contribution in [0.15, 0.2) is 59.5 Å². The Morgan fingerprint density at radius 3 is 2.58 bits per heavy atom. The normalized spacial score (nSPS) is 10.9. The number of esters is 1. The van der Waals surface area contributed by atoms with Crippen molar-refractivity contribution in [2.75, 3.05) is 18.5 Å². The number of carbonyl (C=O) groups excluding carboxylic acids is 2. The van der Waals surface area contributed by atoms with Gasteiger partial charge in [0.1, 0.15) is 28.0 Å². The largest absolute Gasteiger partial charge is 0.494 e. The quantitative estimate of drug-likeness (QED) is 0.120. The lowest BCUT2D eigenvalue weighted by molar-refractivity contribution is -0.384. The van der Waals surface area contributed by atoms with Crippen LogP contribution in [0.3, 0.4) is 0 Å². The van der Waals surface area contributed by atoms with E-state index in [1.807, 2.05) is 13.0 Å². The summed E-state index contributed by atoms with van der Waals surface area (Å²) in [4.78, 5) is 36.3. The molecule has 0 radical (unpaired) electrons. The predicted octanol–water partition coefficient (Wildman–Crippen LogP) is 5.83. The number of nitro benzene ring substituents is 1. The number of anilines is 1. The van der Waals surface area contributed by atoms with Crippen LogP contribution in [0.1, 0.15) is 36.2 Å². The summed E-state index contributed by atoms with van der Waals surface area (Å²) in [7, 11) is 0. The molecule has 1 heterocycles. The minimum atomic E-state index is -0.707. The van der Waals surface area contributed by atoms with Gasteiger partial charge in [-0.25, -0.2) is 4.79 Å². The van der Waals surface area contributed by atoms with Crippen LogP contribution >= 0.6 is 11.3 Å². The van der Waals surface area contributed by atoms with Gasteiger partial charge in [-0.15, -0.1) is 11.3 Å². The van der Waals surface area contributed by atoms with Crippen LogP contribution in [-0.4, -0.2) is 30.0 Å². The van der Waals surface area contributed by atoms with Crippen LogP contribution in [0.25, 0.3) is 17.2 Å². The number of benzene rings is 2. The summed E-state index contributed by atoms with van der Waals surface area (Å²) in [6.07, 6.45) is 2.30. The van der Waals surface area contributed by atoms with Gasteiger partial charge in [0, 0.05) is 23.1 Å². The maximum Gasteiger partial charge on any atom is 0.341 e. The van der Waals surface area contributed by atoms with E-state index >= 15 is 0 Å².